The standard InChI is InChI=1S/C14H20O2/c15-10-12-6-8-14(9-7-12)16-11-13-4-2-1-3-5-13/h6-9,13,15H,1-5,10-11H2. The molecule has 0 amide bonds. The molecule has 1 saturated carbocycles. The van der Waals surface area contributed by atoms with Crippen LogP contribution >= 0.6 is 0 Å². The molecule has 0 bridgehead atoms. The number of ether oxygens (including phenoxy) is 1. The lowest BCUT2D eigenvalue weighted by Crippen LogP contribution is -2.15. The predicted molar refractivity (Wildman–Crippen MR) is 64.4 cm³/mol. The molecule has 0 unspecified atom stereocenters. The van der Waals surface area contributed by atoms with E-state index in [0.29, 0.717) is 0 Å². The van der Waals surface area contributed by atoms with Gasteiger partial charge in [-0.2, -0.15) is 0 Å². The van der Waals surface area contributed by atoms with Gasteiger partial charge in [0.05, 0.1) is 13.2 Å². The second kappa shape index (κ2) is 5.90. The quantitative estimate of drug-likeness (QED) is 0.844. The summed E-state index contributed by atoms with van der Waals surface area (Å²) in [4.78, 5) is 0. The van der Waals surface area contributed by atoms with Crippen molar-refractivity contribution in [2.45, 2.75) is 38.7 Å². The van der Waals surface area contributed by atoms with E-state index in [1.807, 2.05) is 24.3 Å². The monoisotopic (exact) mass is 220 g/mol. The normalized spacial score (nSPS) is 17.3. The van der Waals surface area contributed by atoms with E-state index in [9.17, 15) is 0 Å². The fourth-order valence-electron chi connectivity index (χ4n) is 2.26. The van der Waals surface area contributed by atoms with Crippen molar-refractivity contribution in [1.29, 1.82) is 0 Å². The molecule has 1 aromatic rings. The van der Waals surface area contributed by atoms with Gasteiger partial charge >= 0.3 is 0 Å². The minimum Gasteiger partial charge on any atom is -0.493 e. The molecule has 0 radical (unpaired) electrons. The number of aliphatic hydroxyl groups excluding tert-OH is 1. The lowest BCUT2D eigenvalue weighted by Gasteiger charge is -2.21. The van der Waals surface area contributed by atoms with E-state index in [1.54, 1.807) is 0 Å². The lowest BCUT2D eigenvalue weighted by atomic mass is 9.90. The summed E-state index contributed by atoms with van der Waals surface area (Å²) in [5, 5.41) is 8.92. The molecule has 1 N–H and O–H groups in total. The van der Waals surface area contributed by atoms with E-state index in [-0.39, 0.29) is 6.61 Å². The Morgan fingerprint density at radius 2 is 1.75 bits per heavy atom. The Bertz CT molecular complexity index is 299. The number of hydrogen-bond acceptors (Lipinski definition) is 2. The van der Waals surface area contributed by atoms with Gasteiger partial charge in [0, 0.05) is 0 Å². The largest absolute Gasteiger partial charge is 0.493 e. The molecule has 1 aliphatic rings. The van der Waals surface area contributed by atoms with Crippen LogP contribution < -0.4 is 4.74 Å². The molecule has 2 nitrogen and oxygen atoms in total. The summed E-state index contributed by atoms with van der Waals surface area (Å²) in [5.41, 5.74) is 0.935. The number of rotatable bonds is 4. The average Bonchev–Trinajstić information content (AvgIpc) is 2.38. The Kier molecular flexibility index (Phi) is 4.23. The summed E-state index contributed by atoms with van der Waals surface area (Å²) in [6, 6.07) is 7.70. The summed E-state index contributed by atoms with van der Waals surface area (Å²) in [6.07, 6.45) is 6.74. The van der Waals surface area contributed by atoms with Crippen molar-refractivity contribution in [2.75, 3.05) is 6.61 Å². The van der Waals surface area contributed by atoms with Crippen LogP contribution in [0.5, 0.6) is 5.75 Å². The number of hydrogen-bond donors (Lipinski definition) is 1. The van der Waals surface area contributed by atoms with Crippen LogP contribution in [0.1, 0.15) is 37.7 Å². The molecule has 1 aliphatic carbocycles. The minimum absolute atomic E-state index is 0.100. The summed E-state index contributed by atoms with van der Waals surface area (Å²) in [5.74, 6) is 1.66. The zero-order chi connectivity index (χ0) is 11.2. The molecule has 0 heterocycles. The third-order valence-corrected chi connectivity index (χ3v) is 3.32. The highest BCUT2D eigenvalue weighted by molar-refractivity contribution is 5.26. The van der Waals surface area contributed by atoms with Crippen LogP contribution in [0, 0.1) is 5.92 Å². The van der Waals surface area contributed by atoms with Gasteiger partial charge in [-0.3, -0.25) is 0 Å². The first kappa shape index (κ1) is 11.5. The molecule has 0 spiro atoms. The molecular formula is C14H20O2. The van der Waals surface area contributed by atoms with Gasteiger partial charge in [-0.1, -0.05) is 31.4 Å². The molecule has 0 aliphatic heterocycles. The Morgan fingerprint density at radius 3 is 2.38 bits per heavy atom. The number of benzene rings is 1. The fraction of sp³-hybridized carbons (Fsp3) is 0.571. The van der Waals surface area contributed by atoms with Crippen molar-refractivity contribution in [3.05, 3.63) is 29.8 Å². The van der Waals surface area contributed by atoms with E-state index < -0.39 is 0 Å². The lowest BCUT2D eigenvalue weighted by molar-refractivity contribution is 0.208. The molecule has 88 valence electrons. The predicted octanol–water partition coefficient (Wildman–Crippen LogP) is 3.14. The van der Waals surface area contributed by atoms with Gasteiger partial charge in [0.15, 0.2) is 0 Å². The zero-order valence-corrected chi connectivity index (χ0v) is 9.69. The van der Waals surface area contributed by atoms with Gasteiger partial charge in [0.25, 0.3) is 0 Å². The summed E-state index contributed by atoms with van der Waals surface area (Å²) in [6.45, 7) is 0.946. The average molecular weight is 220 g/mol. The maximum atomic E-state index is 8.92. The first-order chi connectivity index (χ1) is 7.88. The Morgan fingerprint density at radius 1 is 1.06 bits per heavy atom. The first-order valence-corrected chi connectivity index (χ1v) is 6.21. The van der Waals surface area contributed by atoms with Crippen LogP contribution in [-0.4, -0.2) is 11.7 Å². The van der Waals surface area contributed by atoms with Crippen molar-refractivity contribution < 1.29 is 9.84 Å². The molecule has 1 fully saturated rings. The Hall–Kier alpha value is -1.02. The first-order valence-electron chi connectivity index (χ1n) is 6.21. The SMILES string of the molecule is OCc1ccc(OCC2CCCCC2)cc1. The van der Waals surface area contributed by atoms with Crippen LogP contribution in [0.3, 0.4) is 0 Å². The van der Waals surface area contributed by atoms with Crippen LogP contribution in [0.15, 0.2) is 24.3 Å². The van der Waals surface area contributed by atoms with Crippen molar-refractivity contribution in [3.63, 3.8) is 0 Å². The highest BCUT2D eigenvalue weighted by atomic mass is 16.5. The zero-order valence-electron chi connectivity index (χ0n) is 9.69. The van der Waals surface area contributed by atoms with E-state index in [2.05, 4.69) is 0 Å². The minimum atomic E-state index is 0.100. The van der Waals surface area contributed by atoms with Gasteiger partial charge in [0.2, 0.25) is 0 Å². The molecule has 16 heavy (non-hydrogen) atoms. The van der Waals surface area contributed by atoms with Crippen LogP contribution in [0.4, 0.5) is 0 Å². The molecule has 0 saturated heterocycles. The van der Waals surface area contributed by atoms with Crippen molar-refractivity contribution in [1.82, 2.24) is 0 Å². The van der Waals surface area contributed by atoms with E-state index in [0.717, 1.165) is 23.8 Å². The summed E-state index contributed by atoms with van der Waals surface area (Å²) < 4.78 is 5.76. The maximum absolute atomic E-state index is 8.92. The smallest absolute Gasteiger partial charge is 0.119 e. The Balaban J connectivity index is 1.79. The highest BCUT2D eigenvalue weighted by Gasteiger charge is 2.13. The van der Waals surface area contributed by atoms with E-state index >= 15 is 0 Å². The molecule has 1 aromatic carbocycles. The fourth-order valence-corrected chi connectivity index (χ4v) is 2.26. The molecule has 2 heteroatoms. The third-order valence-electron chi connectivity index (χ3n) is 3.32. The second-order valence-corrected chi connectivity index (χ2v) is 4.62. The van der Waals surface area contributed by atoms with E-state index in [4.69, 9.17) is 9.84 Å². The van der Waals surface area contributed by atoms with Crippen molar-refractivity contribution >= 4 is 0 Å². The second-order valence-electron chi connectivity index (χ2n) is 4.62. The highest BCUT2D eigenvalue weighted by Crippen LogP contribution is 2.24. The Labute approximate surface area is 97.3 Å². The maximum Gasteiger partial charge on any atom is 0.119 e. The van der Waals surface area contributed by atoms with E-state index in [1.165, 1.54) is 32.1 Å². The van der Waals surface area contributed by atoms with Gasteiger partial charge in [-0.05, 0) is 36.5 Å². The molecule has 0 atom stereocenters. The molecule has 0 aromatic heterocycles. The third kappa shape index (κ3) is 3.24. The number of aliphatic hydroxyl groups is 1. The van der Waals surface area contributed by atoms with Crippen molar-refractivity contribution in [2.24, 2.45) is 5.92 Å². The van der Waals surface area contributed by atoms with Gasteiger partial charge < -0.3 is 9.84 Å². The van der Waals surface area contributed by atoms with Crippen molar-refractivity contribution in [3.8, 4) is 5.75 Å². The molecular weight excluding hydrogens is 200 g/mol. The summed E-state index contributed by atoms with van der Waals surface area (Å²) in [7, 11) is 0. The van der Waals surface area contributed by atoms with Crippen LogP contribution in [0.25, 0.3) is 0 Å². The topological polar surface area (TPSA) is 29.5 Å². The van der Waals surface area contributed by atoms with Crippen LogP contribution in [-0.2, 0) is 6.61 Å². The molecule has 2 rings (SSSR count). The summed E-state index contributed by atoms with van der Waals surface area (Å²) >= 11 is 0. The van der Waals surface area contributed by atoms with Gasteiger partial charge in [-0.25, -0.2) is 0 Å². The van der Waals surface area contributed by atoms with Gasteiger partial charge in [0.1, 0.15) is 5.75 Å². The van der Waals surface area contributed by atoms with Crippen LogP contribution in [0.2, 0.25) is 0 Å². The van der Waals surface area contributed by atoms with Gasteiger partial charge in [-0.15, -0.1) is 0 Å².